The van der Waals surface area contributed by atoms with Gasteiger partial charge in [0.1, 0.15) is 11.8 Å². The zero-order chi connectivity index (χ0) is 15.1. The Labute approximate surface area is 124 Å². The molecule has 114 valence electrons. The molecule has 1 saturated heterocycles. The lowest BCUT2D eigenvalue weighted by Crippen LogP contribution is -2.51. The van der Waals surface area contributed by atoms with Crippen molar-refractivity contribution < 1.29 is 19.7 Å². The zero-order valence-corrected chi connectivity index (χ0v) is 12.4. The minimum Gasteiger partial charge on any atom is -0.508 e. The van der Waals surface area contributed by atoms with Gasteiger partial charge in [-0.3, -0.25) is 9.69 Å². The second-order valence-electron chi connectivity index (χ2n) is 6.05. The fraction of sp³-hybridized carbons (Fsp3) is 0.562. The van der Waals surface area contributed by atoms with Crippen LogP contribution in [0.4, 0.5) is 0 Å². The van der Waals surface area contributed by atoms with E-state index in [0.29, 0.717) is 19.1 Å². The number of carboxylic acid groups (broad SMARTS) is 1. The fourth-order valence-electron chi connectivity index (χ4n) is 3.81. The van der Waals surface area contributed by atoms with Crippen LogP contribution in [0.2, 0.25) is 0 Å². The summed E-state index contributed by atoms with van der Waals surface area (Å²) in [6.07, 6.45) is 0.845. The summed E-state index contributed by atoms with van der Waals surface area (Å²) in [6, 6.07) is 2.97. The van der Waals surface area contributed by atoms with E-state index in [4.69, 9.17) is 4.74 Å². The van der Waals surface area contributed by atoms with Crippen molar-refractivity contribution in [3.05, 3.63) is 28.8 Å². The molecule has 0 radical (unpaired) electrons. The minimum atomic E-state index is -0.858. The number of aliphatic carboxylic acids is 1. The lowest BCUT2D eigenvalue weighted by Gasteiger charge is -2.37. The molecule has 0 saturated carbocycles. The largest absolute Gasteiger partial charge is 0.508 e. The van der Waals surface area contributed by atoms with E-state index >= 15 is 0 Å². The Balaban J connectivity index is 2.02. The second kappa shape index (κ2) is 5.31. The molecule has 0 spiro atoms. The Hall–Kier alpha value is -1.59. The summed E-state index contributed by atoms with van der Waals surface area (Å²) in [5.74, 6) is -0.252. The molecule has 2 aliphatic rings. The van der Waals surface area contributed by atoms with E-state index in [0.717, 1.165) is 17.5 Å². The van der Waals surface area contributed by atoms with E-state index in [1.807, 2.05) is 17.9 Å². The lowest BCUT2D eigenvalue weighted by atomic mass is 9.97. The Kier molecular flexibility index (Phi) is 3.63. The van der Waals surface area contributed by atoms with Gasteiger partial charge in [0.2, 0.25) is 0 Å². The highest BCUT2D eigenvalue weighted by Gasteiger charge is 2.41. The molecule has 2 N–H and O–H groups in total. The van der Waals surface area contributed by atoms with Crippen molar-refractivity contribution >= 4 is 5.97 Å². The third-order valence-electron chi connectivity index (χ3n) is 4.74. The molecule has 3 atom stereocenters. The normalized spacial score (nSPS) is 29.3. The highest BCUT2D eigenvalue weighted by atomic mass is 16.5. The Morgan fingerprint density at radius 1 is 1.38 bits per heavy atom. The highest BCUT2D eigenvalue weighted by molar-refractivity contribution is 5.74. The predicted molar refractivity (Wildman–Crippen MR) is 77.6 cm³/mol. The van der Waals surface area contributed by atoms with E-state index in [1.165, 1.54) is 5.56 Å². The average molecular weight is 291 g/mol. The van der Waals surface area contributed by atoms with E-state index in [2.05, 4.69) is 6.92 Å². The summed E-state index contributed by atoms with van der Waals surface area (Å²) in [5, 5.41) is 19.7. The molecule has 0 aromatic heterocycles. The SMILES string of the molecule is Cc1ccc(O)c2c1C(C)CC2N1CCOCC1C(=O)O. The number of ether oxygens (including phenoxy) is 1. The molecule has 1 aliphatic heterocycles. The number of carbonyl (C=O) groups is 1. The van der Waals surface area contributed by atoms with Crippen LogP contribution in [0.5, 0.6) is 5.75 Å². The Morgan fingerprint density at radius 2 is 2.14 bits per heavy atom. The van der Waals surface area contributed by atoms with E-state index < -0.39 is 12.0 Å². The first kappa shape index (κ1) is 14.4. The molecule has 3 rings (SSSR count). The second-order valence-corrected chi connectivity index (χ2v) is 6.05. The van der Waals surface area contributed by atoms with Gasteiger partial charge in [0, 0.05) is 18.2 Å². The van der Waals surface area contributed by atoms with Gasteiger partial charge in [-0.15, -0.1) is 0 Å². The number of hydrogen-bond acceptors (Lipinski definition) is 4. The molecule has 1 heterocycles. The molecule has 5 nitrogen and oxygen atoms in total. The van der Waals surface area contributed by atoms with Gasteiger partial charge < -0.3 is 14.9 Å². The number of aryl methyl sites for hydroxylation is 1. The van der Waals surface area contributed by atoms with Gasteiger partial charge in [-0.05, 0) is 36.5 Å². The highest BCUT2D eigenvalue weighted by Crippen LogP contribution is 2.49. The monoisotopic (exact) mass is 291 g/mol. The maximum absolute atomic E-state index is 11.5. The van der Waals surface area contributed by atoms with Gasteiger partial charge in [-0.2, -0.15) is 0 Å². The van der Waals surface area contributed by atoms with Gasteiger partial charge in [0.15, 0.2) is 0 Å². The van der Waals surface area contributed by atoms with Crippen LogP contribution in [-0.2, 0) is 9.53 Å². The first-order valence-electron chi connectivity index (χ1n) is 7.39. The molecule has 1 aromatic rings. The van der Waals surface area contributed by atoms with Gasteiger partial charge >= 0.3 is 5.97 Å². The van der Waals surface area contributed by atoms with Crippen molar-refractivity contribution in [3.63, 3.8) is 0 Å². The van der Waals surface area contributed by atoms with Crippen molar-refractivity contribution in [3.8, 4) is 5.75 Å². The minimum absolute atomic E-state index is 0.0418. The lowest BCUT2D eigenvalue weighted by molar-refractivity contribution is -0.151. The van der Waals surface area contributed by atoms with Gasteiger partial charge in [-0.25, -0.2) is 0 Å². The first-order chi connectivity index (χ1) is 10.0. The molecule has 1 aliphatic carbocycles. The number of phenolic OH excluding ortho intramolecular Hbond substituents is 1. The van der Waals surface area contributed by atoms with Crippen molar-refractivity contribution in [1.29, 1.82) is 0 Å². The quantitative estimate of drug-likeness (QED) is 0.872. The Bertz CT molecular complexity index is 572. The zero-order valence-electron chi connectivity index (χ0n) is 12.4. The number of rotatable bonds is 2. The van der Waals surface area contributed by atoms with E-state index in [1.54, 1.807) is 6.07 Å². The van der Waals surface area contributed by atoms with Crippen LogP contribution in [0.15, 0.2) is 12.1 Å². The maximum Gasteiger partial charge on any atom is 0.323 e. The fourth-order valence-corrected chi connectivity index (χ4v) is 3.81. The molecule has 3 unspecified atom stereocenters. The van der Waals surface area contributed by atoms with E-state index in [-0.39, 0.29) is 18.4 Å². The predicted octanol–water partition coefficient (Wildman–Crippen LogP) is 2.03. The van der Waals surface area contributed by atoms with Gasteiger partial charge in [0.25, 0.3) is 0 Å². The molecule has 5 heteroatoms. The topological polar surface area (TPSA) is 70.0 Å². The average Bonchev–Trinajstić information content (AvgIpc) is 2.82. The van der Waals surface area contributed by atoms with Crippen LogP contribution in [0.1, 0.15) is 42.0 Å². The van der Waals surface area contributed by atoms with E-state index in [9.17, 15) is 15.0 Å². The molecular formula is C16H21NO4. The van der Waals surface area contributed by atoms with Crippen LogP contribution in [0.3, 0.4) is 0 Å². The molecular weight excluding hydrogens is 270 g/mol. The summed E-state index contributed by atoms with van der Waals surface area (Å²) in [6.45, 7) is 5.52. The number of fused-ring (bicyclic) bond motifs is 1. The number of benzene rings is 1. The van der Waals surface area contributed by atoms with Crippen molar-refractivity contribution in [2.24, 2.45) is 0 Å². The maximum atomic E-state index is 11.5. The van der Waals surface area contributed by atoms with Crippen molar-refractivity contribution in [1.82, 2.24) is 4.90 Å². The Morgan fingerprint density at radius 3 is 2.86 bits per heavy atom. The number of hydrogen-bond donors (Lipinski definition) is 2. The summed E-state index contributed by atoms with van der Waals surface area (Å²) in [7, 11) is 0. The summed E-state index contributed by atoms with van der Waals surface area (Å²) >= 11 is 0. The summed E-state index contributed by atoms with van der Waals surface area (Å²) in [4.78, 5) is 13.5. The van der Waals surface area contributed by atoms with Crippen molar-refractivity contribution in [2.75, 3.05) is 19.8 Å². The standard InChI is InChI=1S/C16H21NO4/c1-9-3-4-13(18)15-11(7-10(2)14(9)15)17-5-6-21-8-12(17)16(19)20/h3-4,10-12,18H,5-8H2,1-2H3,(H,19,20). The van der Waals surface area contributed by atoms with Crippen LogP contribution >= 0.6 is 0 Å². The summed E-state index contributed by atoms with van der Waals surface area (Å²) in [5.41, 5.74) is 3.25. The molecule has 21 heavy (non-hydrogen) atoms. The third-order valence-corrected chi connectivity index (χ3v) is 4.74. The first-order valence-corrected chi connectivity index (χ1v) is 7.39. The van der Waals surface area contributed by atoms with Crippen molar-refractivity contribution in [2.45, 2.75) is 38.3 Å². The van der Waals surface area contributed by atoms with Crippen LogP contribution in [0, 0.1) is 6.92 Å². The third kappa shape index (κ3) is 2.30. The summed E-state index contributed by atoms with van der Waals surface area (Å²) < 4.78 is 5.32. The number of phenols is 1. The van der Waals surface area contributed by atoms with Gasteiger partial charge in [-0.1, -0.05) is 13.0 Å². The smallest absolute Gasteiger partial charge is 0.323 e. The molecule has 1 aromatic carbocycles. The van der Waals surface area contributed by atoms with Crippen LogP contribution < -0.4 is 0 Å². The molecule has 0 amide bonds. The number of morpholine rings is 1. The van der Waals surface area contributed by atoms with Crippen LogP contribution in [0.25, 0.3) is 0 Å². The number of carboxylic acids is 1. The molecule has 1 fully saturated rings. The van der Waals surface area contributed by atoms with Gasteiger partial charge in [0.05, 0.1) is 13.2 Å². The molecule has 0 bridgehead atoms. The van der Waals surface area contributed by atoms with Crippen LogP contribution in [-0.4, -0.2) is 46.9 Å². The number of nitrogens with zero attached hydrogens (tertiary/aromatic N) is 1. The number of aromatic hydroxyl groups is 1.